The second-order valence-corrected chi connectivity index (χ2v) is 6.97. The van der Waals surface area contributed by atoms with E-state index >= 15 is 0 Å². The third kappa shape index (κ3) is 7.08. The first kappa shape index (κ1) is 23.3. The summed E-state index contributed by atoms with van der Waals surface area (Å²) in [7, 11) is -1.00. The summed E-state index contributed by atoms with van der Waals surface area (Å²) in [5.41, 5.74) is 1.76. The van der Waals surface area contributed by atoms with Gasteiger partial charge in [-0.3, -0.25) is 18.2 Å². The molecule has 1 aliphatic rings. The van der Waals surface area contributed by atoms with Crippen LogP contribution in [0.5, 0.6) is 5.75 Å². The number of carbonyl (C=O) groups is 2. The Labute approximate surface area is 162 Å². The molecule has 0 N–H and O–H groups in total. The number of unbranched alkanes of at least 4 members (excludes halogenated alkanes) is 4. The summed E-state index contributed by atoms with van der Waals surface area (Å²) in [6.07, 6.45) is 8.24. The summed E-state index contributed by atoms with van der Waals surface area (Å²) in [5.74, 6) is -0.129. The maximum atomic E-state index is 12.9. The standard InChI is InChI=1S/C21H30O3.BF2/c1-4-6-8-9-10-16-12-13-18-17(14-16)21(23)20(15(3)22)19(24-18)11-7-5-2;2-1-3/h12-14,19-20H,4-11H2,1-3H3;. The largest absolute Gasteiger partial charge is 0.577 e. The molecule has 0 spiro atoms. The summed E-state index contributed by atoms with van der Waals surface area (Å²) in [6.45, 7) is 5.81. The quantitative estimate of drug-likeness (QED) is 0.318. The third-order valence-electron chi connectivity index (χ3n) is 4.84. The number of ether oxygens (including phenoxy) is 1. The molecule has 2 rings (SSSR count). The molecule has 3 nitrogen and oxygen atoms in total. The van der Waals surface area contributed by atoms with Gasteiger partial charge in [-0.2, -0.15) is 0 Å². The second kappa shape index (κ2) is 12.6. The van der Waals surface area contributed by atoms with E-state index in [1.807, 2.05) is 12.1 Å². The lowest BCUT2D eigenvalue weighted by molar-refractivity contribution is -0.122. The van der Waals surface area contributed by atoms with Gasteiger partial charge in [-0.1, -0.05) is 52.0 Å². The number of hydrogen-bond donors (Lipinski definition) is 0. The first-order valence-electron chi connectivity index (χ1n) is 9.86. The van der Waals surface area contributed by atoms with Gasteiger partial charge in [0.05, 0.1) is 5.56 Å². The minimum absolute atomic E-state index is 0.0553. The summed E-state index contributed by atoms with van der Waals surface area (Å²) >= 11 is 0. The number of aryl methyl sites for hydroxylation is 1. The van der Waals surface area contributed by atoms with E-state index in [0.29, 0.717) is 11.3 Å². The van der Waals surface area contributed by atoms with Gasteiger partial charge in [0, 0.05) is 0 Å². The highest BCUT2D eigenvalue weighted by Gasteiger charge is 2.39. The zero-order valence-corrected chi connectivity index (χ0v) is 16.6. The van der Waals surface area contributed by atoms with Gasteiger partial charge in [-0.25, -0.2) is 0 Å². The molecule has 2 atom stereocenters. The normalized spacial score (nSPS) is 18.0. The zero-order chi connectivity index (χ0) is 20.2. The molecule has 1 aliphatic heterocycles. The number of benzene rings is 1. The first-order chi connectivity index (χ1) is 13.0. The van der Waals surface area contributed by atoms with Crippen molar-refractivity contribution in [2.75, 3.05) is 0 Å². The van der Waals surface area contributed by atoms with Crippen LogP contribution in [0.4, 0.5) is 8.63 Å². The fraction of sp³-hybridized carbons (Fsp3) is 0.619. The Morgan fingerprint density at radius 1 is 1.11 bits per heavy atom. The van der Waals surface area contributed by atoms with Crippen molar-refractivity contribution < 1.29 is 23.0 Å². The van der Waals surface area contributed by atoms with E-state index in [0.717, 1.165) is 37.7 Å². The maximum absolute atomic E-state index is 12.9. The Hall–Kier alpha value is -1.72. The molecular formula is C21H30BF2O3. The molecule has 1 aromatic rings. The molecule has 0 bridgehead atoms. The minimum Gasteiger partial charge on any atom is -0.488 e. The van der Waals surface area contributed by atoms with Gasteiger partial charge >= 0.3 is 7.83 Å². The van der Waals surface area contributed by atoms with Crippen molar-refractivity contribution in [3.63, 3.8) is 0 Å². The minimum atomic E-state index is -1.00. The number of hydrogen-bond acceptors (Lipinski definition) is 3. The molecule has 0 fully saturated rings. The summed E-state index contributed by atoms with van der Waals surface area (Å²) in [4.78, 5) is 24.9. The highest BCUT2D eigenvalue weighted by atomic mass is 19.2. The molecule has 0 aliphatic carbocycles. The van der Waals surface area contributed by atoms with Crippen LogP contribution < -0.4 is 4.74 Å². The second-order valence-electron chi connectivity index (χ2n) is 6.97. The molecule has 0 saturated heterocycles. The lowest BCUT2D eigenvalue weighted by atomic mass is 9.83. The highest BCUT2D eigenvalue weighted by Crippen LogP contribution is 2.34. The Morgan fingerprint density at radius 3 is 2.37 bits per heavy atom. The van der Waals surface area contributed by atoms with Crippen molar-refractivity contribution in [1.82, 2.24) is 0 Å². The van der Waals surface area contributed by atoms with Crippen molar-refractivity contribution in [3.05, 3.63) is 29.3 Å². The molecular weight excluding hydrogens is 349 g/mol. The molecule has 0 aromatic heterocycles. The van der Waals surface area contributed by atoms with Gasteiger partial charge in [-0.15, -0.1) is 0 Å². The fourth-order valence-electron chi connectivity index (χ4n) is 3.43. The smallest absolute Gasteiger partial charge is 0.488 e. The molecule has 6 heteroatoms. The summed E-state index contributed by atoms with van der Waals surface area (Å²) < 4.78 is 25.0. The van der Waals surface area contributed by atoms with Crippen LogP contribution >= 0.6 is 0 Å². The molecule has 1 radical (unpaired) electrons. The maximum Gasteiger partial charge on any atom is 0.577 e. The fourth-order valence-corrected chi connectivity index (χ4v) is 3.43. The number of halogens is 2. The number of rotatable bonds is 9. The number of ketones is 2. The van der Waals surface area contributed by atoms with Crippen LogP contribution in [-0.2, 0) is 11.2 Å². The van der Waals surface area contributed by atoms with Gasteiger partial charge in [0.15, 0.2) is 5.78 Å². The van der Waals surface area contributed by atoms with Gasteiger partial charge in [0.25, 0.3) is 0 Å². The van der Waals surface area contributed by atoms with Crippen molar-refractivity contribution in [2.24, 2.45) is 5.92 Å². The average Bonchev–Trinajstić information content (AvgIpc) is 2.64. The average molecular weight is 379 g/mol. The van der Waals surface area contributed by atoms with Crippen LogP contribution in [0.3, 0.4) is 0 Å². The molecule has 27 heavy (non-hydrogen) atoms. The van der Waals surface area contributed by atoms with Crippen LogP contribution in [0, 0.1) is 5.92 Å². The van der Waals surface area contributed by atoms with Crippen LogP contribution in [0.25, 0.3) is 0 Å². The summed E-state index contributed by atoms with van der Waals surface area (Å²) in [6, 6.07) is 5.91. The summed E-state index contributed by atoms with van der Waals surface area (Å²) in [5, 5.41) is 0. The Bertz CT molecular complexity index is 607. The van der Waals surface area contributed by atoms with Gasteiger partial charge in [0.2, 0.25) is 0 Å². The molecule has 0 amide bonds. The van der Waals surface area contributed by atoms with E-state index < -0.39 is 13.8 Å². The number of Topliss-reactive ketones (excluding diaryl/α,β-unsaturated/α-hetero) is 2. The first-order valence-corrected chi connectivity index (χ1v) is 9.86. The molecule has 149 valence electrons. The molecule has 2 unspecified atom stereocenters. The van der Waals surface area contributed by atoms with E-state index in [-0.39, 0.29) is 17.7 Å². The Balaban J connectivity index is 0.00000114. The van der Waals surface area contributed by atoms with Crippen molar-refractivity contribution in [2.45, 2.75) is 78.2 Å². The van der Waals surface area contributed by atoms with Gasteiger partial charge in [-0.05, 0) is 43.9 Å². The Morgan fingerprint density at radius 2 is 1.78 bits per heavy atom. The number of fused-ring (bicyclic) bond motifs is 1. The zero-order valence-electron chi connectivity index (χ0n) is 16.6. The predicted octanol–water partition coefficient (Wildman–Crippen LogP) is 5.61. The Kier molecular flexibility index (Phi) is 10.9. The predicted molar refractivity (Wildman–Crippen MR) is 105 cm³/mol. The van der Waals surface area contributed by atoms with Crippen molar-refractivity contribution in [3.8, 4) is 5.75 Å². The third-order valence-corrected chi connectivity index (χ3v) is 4.84. The van der Waals surface area contributed by atoms with Crippen LogP contribution in [0.15, 0.2) is 18.2 Å². The SMILES string of the molecule is CCCCCCc1ccc2c(c1)C(=O)C(C(C)=O)C(CCCC)O2.F[B]F. The van der Waals surface area contributed by atoms with E-state index in [2.05, 4.69) is 19.9 Å². The molecule has 1 aromatic carbocycles. The lowest BCUT2D eigenvalue weighted by Crippen LogP contribution is -2.41. The van der Waals surface area contributed by atoms with Gasteiger partial charge in [0.1, 0.15) is 23.6 Å². The van der Waals surface area contributed by atoms with E-state index in [1.165, 1.54) is 26.2 Å². The van der Waals surface area contributed by atoms with Crippen LogP contribution in [-0.4, -0.2) is 25.5 Å². The van der Waals surface area contributed by atoms with Crippen LogP contribution in [0.2, 0.25) is 0 Å². The highest BCUT2D eigenvalue weighted by molar-refractivity contribution is 6.15. The van der Waals surface area contributed by atoms with Crippen molar-refractivity contribution in [1.29, 1.82) is 0 Å². The topological polar surface area (TPSA) is 43.4 Å². The molecule has 0 saturated carbocycles. The van der Waals surface area contributed by atoms with E-state index in [4.69, 9.17) is 4.74 Å². The lowest BCUT2D eigenvalue weighted by Gasteiger charge is -2.31. The van der Waals surface area contributed by atoms with Crippen LogP contribution in [0.1, 0.15) is 81.6 Å². The van der Waals surface area contributed by atoms with Crippen molar-refractivity contribution >= 4 is 19.4 Å². The van der Waals surface area contributed by atoms with E-state index in [9.17, 15) is 18.2 Å². The molecule has 1 heterocycles. The monoisotopic (exact) mass is 379 g/mol. The van der Waals surface area contributed by atoms with Gasteiger partial charge < -0.3 is 4.74 Å². The van der Waals surface area contributed by atoms with E-state index in [1.54, 1.807) is 0 Å². The number of carbonyl (C=O) groups excluding carboxylic acids is 2.